The summed E-state index contributed by atoms with van der Waals surface area (Å²) in [6.07, 6.45) is 8.66. The zero-order chi connectivity index (χ0) is 16.4. The molecule has 3 aromatic rings. The van der Waals surface area contributed by atoms with Crippen molar-refractivity contribution < 1.29 is 0 Å². The molecule has 0 amide bonds. The molecule has 4 rings (SSSR count). The van der Waals surface area contributed by atoms with Crippen LogP contribution in [-0.4, -0.2) is 31.0 Å². The molecule has 0 atom stereocenters. The molecule has 24 heavy (non-hydrogen) atoms. The smallest absolute Gasteiger partial charge is 0.143 e. The standard InChI is InChI=1S/C16H17N7S/c17-11-3-10(4-11)13-5-15(22-9-21-13)20-6-12-8-24-16(23-12)14-7-18-1-2-19-14/h1-2,5,7-11H,3-4,6,17H2,(H,20,21,22). The van der Waals surface area contributed by atoms with Crippen LogP contribution in [0.15, 0.2) is 36.4 Å². The Bertz CT molecular complexity index is 814. The molecule has 1 fully saturated rings. The summed E-state index contributed by atoms with van der Waals surface area (Å²) in [5.74, 6) is 1.28. The van der Waals surface area contributed by atoms with Gasteiger partial charge in [-0.25, -0.2) is 15.0 Å². The summed E-state index contributed by atoms with van der Waals surface area (Å²) in [4.78, 5) is 21.6. The molecule has 0 spiro atoms. The highest BCUT2D eigenvalue weighted by Gasteiger charge is 2.28. The molecule has 7 nitrogen and oxygen atoms in total. The Morgan fingerprint density at radius 2 is 2.12 bits per heavy atom. The van der Waals surface area contributed by atoms with E-state index >= 15 is 0 Å². The van der Waals surface area contributed by atoms with Crippen molar-refractivity contribution in [3.05, 3.63) is 47.8 Å². The first kappa shape index (κ1) is 15.1. The highest BCUT2D eigenvalue weighted by atomic mass is 32.1. The number of nitrogens with two attached hydrogens (primary N) is 1. The molecule has 0 unspecified atom stereocenters. The average Bonchev–Trinajstić information content (AvgIpc) is 3.07. The average molecular weight is 339 g/mol. The zero-order valence-corrected chi connectivity index (χ0v) is 13.8. The van der Waals surface area contributed by atoms with E-state index in [-0.39, 0.29) is 0 Å². The molecule has 0 aromatic carbocycles. The van der Waals surface area contributed by atoms with E-state index in [1.165, 1.54) is 0 Å². The Balaban J connectivity index is 1.40. The van der Waals surface area contributed by atoms with Gasteiger partial charge in [0.1, 0.15) is 22.8 Å². The number of hydrogen-bond donors (Lipinski definition) is 2. The topological polar surface area (TPSA) is 102 Å². The molecule has 1 aliphatic rings. The fourth-order valence-corrected chi connectivity index (χ4v) is 3.47. The van der Waals surface area contributed by atoms with Gasteiger partial charge in [-0.1, -0.05) is 0 Å². The molecule has 0 saturated heterocycles. The minimum absolute atomic E-state index is 0.316. The predicted octanol–water partition coefficient (Wildman–Crippen LogP) is 2.21. The molecule has 3 heterocycles. The van der Waals surface area contributed by atoms with Crippen LogP contribution in [0.1, 0.15) is 30.1 Å². The van der Waals surface area contributed by atoms with E-state index in [1.807, 2.05) is 11.4 Å². The molecule has 3 aromatic heterocycles. The highest BCUT2D eigenvalue weighted by Crippen LogP contribution is 2.34. The van der Waals surface area contributed by atoms with Gasteiger partial charge in [0.15, 0.2) is 0 Å². The van der Waals surface area contributed by atoms with Crippen LogP contribution in [0.3, 0.4) is 0 Å². The molecular weight excluding hydrogens is 322 g/mol. The molecule has 0 radical (unpaired) electrons. The van der Waals surface area contributed by atoms with Crippen molar-refractivity contribution in [3.8, 4) is 10.7 Å². The fraction of sp³-hybridized carbons (Fsp3) is 0.312. The first-order valence-corrected chi connectivity index (χ1v) is 8.68. The Hall–Kier alpha value is -2.45. The predicted molar refractivity (Wildman–Crippen MR) is 92.4 cm³/mol. The summed E-state index contributed by atoms with van der Waals surface area (Å²) in [5.41, 5.74) is 8.66. The van der Waals surface area contributed by atoms with Gasteiger partial charge in [0, 0.05) is 41.5 Å². The van der Waals surface area contributed by atoms with Crippen molar-refractivity contribution in [3.63, 3.8) is 0 Å². The maximum atomic E-state index is 5.85. The maximum absolute atomic E-state index is 5.85. The van der Waals surface area contributed by atoms with Crippen molar-refractivity contribution in [2.45, 2.75) is 31.3 Å². The number of rotatable bonds is 5. The second kappa shape index (κ2) is 6.58. The second-order valence-electron chi connectivity index (χ2n) is 5.84. The van der Waals surface area contributed by atoms with Gasteiger partial charge >= 0.3 is 0 Å². The van der Waals surface area contributed by atoms with E-state index in [1.54, 1.807) is 36.3 Å². The molecule has 1 aliphatic carbocycles. The van der Waals surface area contributed by atoms with E-state index in [0.29, 0.717) is 18.5 Å². The lowest BCUT2D eigenvalue weighted by Gasteiger charge is -2.31. The van der Waals surface area contributed by atoms with Crippen LogP contribution in [0, 0.1) is 0 Å². The van der Waals surface area contributed by atoms with Crippen molar-refractivity contribution >= 4 is 17.2 Å². The second-order valence-corrected chi connectivity index (χ2v) is 6.70. The van der Waals surface area contributed by atoms with Crippen LogP contribution in [-0.2, 0) is 6.54 Å². The molecule has 1 saturated carbocycles. The summed E-state index contributed by atoms with van der Waals surface area (Å²) in [6.45, 7) is 0.609. The first-order valence-electron chi connectivity index (χ1n) is 7.80. The van der Waals surface area contributed by atoms with Gasteiger partial charge in [0.2, 0.25) is 0 Å². The minimum Gasteiger partial charge on any atom is -0.364 e. The van der Waals surface area contributed by atoms with Crippen LogP contribution in [0.4, 0.5) is 5.82 Å². The third kappa shape index (κ3) is 3.24. The summed E-state index contributed by atoms with van der Waals surface area (Å²) >= 11 is 1.56. The van der Waals surface area contributed by atoms with Crippen molar-refractivity contribution in [2.75, 3.05) is 5.32 Å². The number of aromatic nitrogens is 5. The lowest BCUT2D eigenvalue weighted by molar-refractivity contribution is 0.345. The highest BCUT2D eigenvalue weighted by molar-refractivity contribution is 7.13. The number of anilines is 1. The van der Waals surface area contributed by atoms with Crippen LogP contribution in [0.2, 0.25) is 0 Å². The van der Waals surface area contributed by atoms with Crippen LogP contribution in [0.5, 0.6) is 0 Å². The molecule has 0 aliphatic heterocycles. The quantitative estimate of drug-likeness (QED) is 0.734. The largest absolute Gasteiger partial charge is 0.364 e. The summed E-state index contributed by atoms with van der Waals surface area (Å²) in [7, 11) is 0. The normalized spacial score (nSPS) is 19.7. The zero-order valence-electron chi connectivity index (χ0n) is 13.0. The third-order valence-electron chi connectivity index (χ3n) is 4.07. The van der Waals surface area contributed by atoms with Gasteiger partial charge in [0.05, 0.1) is 18.4 Å². The van der Waals surface area contributed by atoms with Gasteiger partial charge in [-0.05, 0) is 12.8 Å². The van der Waals surface area contributed by atoms with Gasteiger partial charge in [-0.3, -0.25) is 9.97 Å². The number of nitrogens with zero attached hydrogens (tertiary/aromatic N) is 5. The van der Waals surface area contributed by atoms with Crippen LogP contribution in [0.25, 0.3) is 10.7 Å². The lowest BCUT2D eigenvalue weighted by Crippen LogP contribution is -2.35. The Morgan fingerprint density at radius 3 is 2.92 bits per heavy atom. The van der Waals surface area contributed by atoms with E-state index in [4.69, 9.17) is 5.73 Å². The fourth-order valence-electron chi connectivity index (χ4n) is 2.69. The maximum Gasteiger partial charge on any atom is 0.143 e. The van der Waals surface area contributed by atoms with Gasteiger partial charge in [-0.15, -0.1) is 11.3 Å². The first-order chi connectivity index (χ1) is 11.8. The molecule has 0 bridgehead atoms. The number of nitrogens with one attached hydrogen (secondary N) is 1. The summed E-state index contributed by atoms with van der Waals surface area (Å²) < 4.78 is 0. The summed E-state index contributed by atoms with van der Waals surface area (Å²) in [5, 5.41) is 6.19. The lowest BCUT2D eigenvalue weighted by atomic mass is 9.79. The van der Waals surface area contributed by atoms with Crippen molar-refractivity contribution in [2.24, 2.45) is 5.73 Å². The monoisotopic (exact) mass is 339 g/mol. The van der Waals surface area contributed by atoms with Crippen LogP contribution >= 0.6 is 11.3 Å². The third-order valence-corrected chi connectivity index (χ3v) is 4.98. The van der Waals surface area contributed by atoms with E-state index in [9.17, 15) is 0 Å². The number of thiazole rings is 1. The van der Waals surface area contributed by atoms with Gasteiger partial charge in [-0.2, -0.15) is 0 Å². The molecule has 8 heteroatoms. The number of hydrogen-bond acceptors (Lipinski definition) is 8. The Kier molecular flexibility index (Phi) is 4.14. The molecule has 3 N–H and O–H groups in total. The van der Waals surface area contributed by atoms with Gasteiger partial charge < -0.3 is 11.1 Å². The van der Waals surface area contributed by atoms with E-state index in [2.05, 4.69) is 30.2 Å². The molecule has 122 valence electrons. The molecular formula is C16H17N7S. The van der Waals surface area contributed by atoms with Crippen molar-refractivity contribution in [1.82, 2.24) is 24.9 Å². The minimum atomic E-state index is 0.316. The van der Waals surface area contributed by atoms with Crippen molar-refractivity contribution in [1.29, 1.82) is 0 Å². The van der Waals surface area contributed by atoms with E-state index < -0.39 is 0 Å². The van der Waals surface area contributed by atoms with Crippen LogP contribution < -0.4 is 11.1 Å². The van der Waals surface area contributed by atoms with E-state index in [0.717, 1.165) is 40.7 Å². The Morgan fingerprint density at radius 1 is 1.21 bits per heavy atom. The SMILES string of the molecule is NC1CC(c2cc(NCc3csc(-c4cnccn4)n3)ncn2)C1. The Labute approximate surface area is 143 Å². The van der Waals surface area contributed by atoms with Gasteiger partial charge in [0.25, 0.3) is 0 Å². The summed E-state index contributed by atoms with van der Waals surface area (Å²) in [6, 6.07) is 2.32.